The molecule has 1 aromatic carbocycles. The fourth-order valence-corrected chi connectivity index (χ4v) is 4.72. The van der Waals surface area contributed by atoms with Crippen molar-refractivity contribution in [2.45, 2.75) is 72.1 Å². The minimum Gasteiger partial charge on any atom is -0.368 e. The Morgan fingerprint density at radius 3 is 2.31 bits per heavy atom. The Morgan fingerprint density at radius 1 is 0.929 bits per heavy atom. The number of carbonyl (C=O) groups excluding carboxylic acids is 3. The highest BCUT2D eigenvalue weighted by Crippen LogP contribution is 2.38. The van der Waals surface area contributed by atoms with Gasteiger partial charge in [-0.3, -0.25) is 14.4 Å². The minimum absolute atomic E-state index is 0.0798. The average Bonchev–Trinajstić information content (AvgIpc) is 3.32. The van der Waals surface area contributed by atoms with Gasteiger partial charge in [0.05, 0.1) is 36.9 Å². The predicted octanol–water partition coefficient (Wildman–Crippen LogP) is 4.15. The second-order valence-corrected chi connectivity index (χ2v) is 10.2. The largest absolute Gasteiger partial charge is 0.471 e. The molecule has 14 heteroatoms. The maximum Gasteiger partial charge on any atom is 0.471 e. The molecule has 0 spiro atoms. The van der Waals surface area contributed by atoms with Gasteiger partial charge in [0.2, 0.25) is 11.8 Å². The number of unbranched alkanes of at least 4 members (excludes halogenated alkanes) is 2. The Hall–Kier alpha value is -3.97. The number of halogens is 3. The molecule has 2 aromatic rings. The molecule has 1 aliphatic rings. The topological polar surface area (TPSA) is 115 Å². The van der Waals surface area contributed by atoms with E-state index in [1.165, 1.54) is 19.9 Å². The number of aromatic nitrogens is 2. The molecule has 0 saturated heterocycles. The molecule has 0 saturated carbocycles. The minimum atomic E-state index is -5.00. The van der Waals surface area contributed by atoms with Gasteiger partial charge in [0.25, 0.3) is 0 Å². The molecule has 0 fully saturated rings. The van der Waals surface area contributed by atoms with Gasteiger partial charge in [-0.05, 0) is 37.5 Å². The van der Waals surface area contributed by atoms with Crippen LogP contribution in [0.25, 0.3) is 0 Å². The summed E-state index contributed by atoms with van der Waals surface area (Å²) in [4.78, 5) is 37.5. The highest BCUT2D eigenvalue weighted by molar-refractivity contribution is 6.01. The van der Waals surface area contributed by atoms with Gasteiger partial charge in [-0.25, -0.2) is 9.13 Å². The normalized spacial score (nSPS) is 13.4. The number of anilines is 2. The first kappa shape index (κ1) is 32.5. The predicted molar refractivity (Wildman–Crippen MR) is 152 cm³/mol. The molecule has 11 nitrogen and oxygen atoms in total. The monoisotopic (exact) mass is 593 g/mol. The summed E-state index contributed by atoms with van der Waals surface area (Å²) in [6.07, 6.45) is 2.87. The lowest BCUT2D eigenvalue weighted by molar-refractivity contribution is -0.683. The van der Waals surface area contributed by atoms with Crippen molar-refractivity contribution >= 4 is 40.7 Å². The SMILES string of the molecule is CCCCCN1CCN(C(=O)C(F)(F)F)c2cc(N=Nc3n(CCCNC(C)=O)cc[n+]3CCCNC(C)=O)ccc21. The van der Waals surface area contributed by atoms with Crippen molar-refractivity contribution in [2.24, 2.45) is 10.2 Å². The van der Waals surface area contributed by atoms with Gasteiger partial charge in [0, 0.05) is 51.7 Å². The fourth-order valence-electron chi connectivity index (χ4n) is 4.72. The van der Waals surface area contributed by atoms with Crippen LogP contribution < -0.4 is 25.0 Å². The van der Waals surface area contributed by atoms with Crippen molar-refractivity contribution in [1.29, 1.82) is 0 Å². The molecule has 0 atom stereocenters. The summed E-state index contributed by atoms with van der Waals surface area (Å²) in [6.45, 7) is 7.93. The Labute approximate surface area is 243 Å². The molecule has 230 valence electrons. The molecule has 0 radical (unpaired) electrons. The van der Waals surface area contributed by atoms with Gasteiger partial charge in [-0.15, -0.1) is 0 Å². The summed E-state index contributed by atoms with van der Waals surface area (Å²) in [5.41, 5.74) is 1.02. The zero-order valence-electron chi connectivity index (χ0n) is 24.4. The third kappa shape index (κ3) is 9.28. The number of aryl methyl sites for hydroxylation is 2. The standard InChI is InChI=1S/C28H39F3N8O3/c1-4-5-6-13-36-18-19-39(26(42)28(29,30)31)25-20-23(9-10-24(25)36)34-35-27-37(14-7-11-32-21(2)40)16-17-38(27)15-8-12-33-22(3)41/h9-10,16-17,20H,4-8,11-15,18-19H2,1-3H3,(H-,32,33,40,41)/p+1. The molecular formula is C28H40F3N8O3+. The number of rotatable bonds is 14. The number of hydrogen-bond acceptors (Lipinski definition) is 6. The van der Waals surface area contributed by atoms with E-state index in [1.807, 2.05) is 26.4 Å². The number of benzene rings is 1. The highest BCUT2D eigenvalue weighted by atomic mass is 19.4. The molecule has 0 bridgehead atoms. The highest BCUT2D eigenvalue weighted by Gasteiger charge is 2.44. The van der Waals surface area contributed by atoms with E-state index in [9.17, 15) is 27.6 Å². The third-order valence-corrected chi connectivity index (χ3v) is 6.80. The van der Waals surface area contributed by atoms with Crippen LogP contribution >= 0.6 is 0 Å². The maximum atomic E-state index is 13.4. The Morgan fingerprint density at radius 2 is 1.64 bits per heavy atom. The molecular weight excluding hydrogens is 553 g/mol. The van der Waals surface area contributed by atoms with Gasteiger partial charge < -0.3 is 20.4 Å². The Kier molecular flexibility index (Phi) is 11.9. The van der Waals surface area contributed by atoms with Crippen LogP contribution in [0.4, 0.5) is 36.2 Å². The number of fused-ring (bicyclic) bond motifs is 1. The van der Waals surface area contributed by atoms with Crippen LogP contribution in [0.2, 0.25) is 0 Å². The zero-order valence-corrected chi connectivity index (χ0v) is 24.4. The fraction of sp³-hybridized carbons (Fsp3) is 0.571. The number of imidazole rings is 1. The van der Waals surface area contributed by atoms with Crippen LogP contribution in [0, 0.1) is 0 Å². The van der Waals surface area contributed by atoms with Gasteiger partial charge in [-0.1, -0.05) is 24.9 Å². The van der Waals surface area contributed by atoms with Crippen LogP contribution in [0.1, 0.15) is 52.9 Å². The zero-order chi connectivity index (χ0) is 30.7. The molecule has 2 heterocycles. The number of nitrogens with zero attached hydrogens (tertiary/aromatic N) is 6. The Bertz CT molecular complexity index is 1220. The molecule has 3 rings (SSSR count). The first-order valence-corrected chi connectivity index (χ1v) is 14.3. The van der Waals surface area contributed by atoms with Gasteiger partial charge in [0.15, 0.2) is 0 Å². The van der Waals surface area contributed by atoms with Crippen molar-refractivity contribution in [2.75, 3.05) is 42.5 Å². The van der Waals surface area contributed by atoms with Gasteiger partial charge in [0.1, 0.15) is 5.69 Å². The van der Waals surface area contributed by atoms with Crippen LogP contribution in [0.15, 0.2) is 40.8 Å². The number of alkyl halides is 3. The van der Waals surface area contributed by atoms with E-state index in [4.69, 9.17) is 0 Å². The van der Waals surface area contributed by atoms with E-state index in [1.54, 1.807) is 12.1 Å². The van der Waals surface area contributed by atoms with Crippen LogP contribution in [0.5, 0.6) is 0 Å². The van der Waals surface area contributed by atoms with E-state index < -0.39 is 12.1 Å². The summed E-state index contributed by atoms with van der Waals surface area (Å²) in [5.74, 6) is -1.64. The Balaban J connectivity index is 1.89. The molecule has 1 aliphatic heterocycles. The number of amides is 3. The number of carbonyl (C=O) groups is 3. The van der Waals surface area contributed by atoms with Crippen LogP contribution in [0.3, 0.4) is 0 Å². The van der Waals surface area contributed by atoms with Crippen LogP contribution in [-0.4, -0.2) is 61.2 Å². The van der Waals surface area contributed by atoms with Gasteiger partial charge in [-0.2, -0.15) is 13.2 Å². The number of hydrogen-bond donors (Lipinski definition) is 2. The molecule has 42 heavy (non-hydrogen) atoms. The van der Waals surface area contributed by atoms with Crippen molar-refractivity contribution in [3.63, 3.8) is 0 Å². The molecule has 2 N–H and O–H groups in total. The van der Waals surface area contributed by atoms with E-state index in [0.29, 0.717) is 69.4 Å². The summed E-state index contributed by atoms with van der Waals surface area (Å²) in [6, 6.07) is 4.85. The van der Waals surface area contributed by atoms with E-state index in [2.05, 4.69) is 27.8 Å². The number of nitrogens with one attached hydrogen (secondary N) is 2. The molecule has 0 unspecified atom stereocenters. The smallest absolute Gasteiger partial charge is 0.368 e. The first-order valence-electron chi connectivity index (χ1n) is 14.3. The summed E-state index contributed by atoms with van der Waals surface area (Å²) >= 11 is 0. The van der Waals surface area contributed by atoms with E-state index >= 15 is 0 Å². The molecule has 0 aliphatic carbocycles. The van der Waals surface area contributed by atoms with Crippen molar-refractivity contribution < 1.29 is 32.1 Å². The van der Waals surface area contributed by atoms with Crippen molar-refractivity contribution in [3.8, 4) is 0 Å². The van der Waals surface area contributed by atoms with Crippen molar-refractivity contribution in [3.05, 3.63) is 30.6 Å². The molecule has 3 amide bonds. The number of azo groups is 1. The first-order chi connectivity index (χ1) is 20.0. The maximum absolute atomic E-state index is 13.4. The third-order valence-electron chi connectivity index (χ3n) is 6.80. The summed E-state index contributed by atoms with van der Waals surface area (Å²) < 4.78 is 44.1. The second kappa shape index (κ2) is 15.3. The lowest BCUT2D eigenvalue weighted by Gasteiger charge is -2.38. The van der Waals surface area contributed by atoms with Crippen molar-refractivity contribution in [1.82, 2.24) is 15.2 Å². The van der Waals surface area contributed by atoms with E-state index in [0.717, 1.165) is 24.2 Å². The lowest BCUT2D eigenvalue weighted by Crippen LogP contribution is -2.49. The van der Waals surface area contributed by atoms with Gasteiger partial charge >= 0.3 is 18.0 Å². The summed E-state index contributed by atoms with van der Waals surface area (Å²) in [7, 11) is 0. The summed E-state index contributed by atoms with van der Waals surface area (Å²) in [5, 5.41) is 14.3. The van der Waals surface area contributed by atoms with E-state index in [-0.39, 0.29) is 24.0 Å². The lowest BCUT2D eigenvalue weighted by atomic mass is 10.1. The van der Waals surface area contributed by atoms with Crippen LogP contribution in [-0.2, 0) is 27.5 Å². The second-order valence-electron chi connectivity index (χ2n) is 10.2. The average molecular weight is 594 g/mol. The molecule has 1 aromatic heterocycles. The quantitative estimate of drug-likeness (QED) is 0.195.